The predicted molar refractivity (Wildman–Crippen MR) is 64.2 cm³/mol. The first-order chi connectivity index (χ1) is 8.72. The average Bonchev–Trinajstić information content (AvgIpc) is 2.98. The van der Waals surface area contributed by atoms with Crippen molar-refractivity contribution in [2.75, 3.05) is 0 Å². The standard InChI is InChI=1S/C10H8ClN7/c1-17-6-7(5-13-17)8-14-9(11)16-10(15-8)18-4-2-3-12-18/h2-6H,1H3. The Labute approximate surface area is 107 Å². The molecule has 0 radical (unpaired) electrons. The molecule has 0 atom stereocenters. The van der Waals surface area contributed by atoms with Crippen LogP contribution in [0.3, 0.4) is 0 Å². The van der Waals surface area contributed by atoms with Gasteiger partial charge in [0.05, 0.1) is 11.8 Å². The van der Waals surface area contributed by atoms with E-state index in [1.165, 1.54) is 4.68 Å². The fraction of sp³-hybridized carbons (Fsp3) is 0.100. The Hall–Kier alpha value is -2.28. The average molecular weight is 262 g/mol. The lowest BCUT2D eigenvalue weighted by molar-refractivity contribution is 0.767. The Balaban J connectivity index is 2.11. The molecule has 0 saturated heterocycles. The zero-order chi connectivity index (χ0) is 12.5. The zero-order valence-corrected chi connectivity index (χ0v) is 10.2. The molecule has 0 unspecified atom stereocenters. The van der Waals surface area contributed by atoms with Crippen molar-refractivity contribution in [1.82, 2.24) is 34.5 Å². The molecule has 3 rings (SSSR count). The fourth-order valence-corrected chi connectivity index (χ4v) is 1.65. The number of aryl methyl sites for hydroxylation is 1. The maximum Gasteiger partial charge on any atom is 0.255 e. The summed E-state index contributed by atoms with van der Waals surface area (Å²) in [5.41, 5.74) is 0.773. The summed E-state index contributed by atoms with van der Waals surface area (Å²) in [6, 6.07) is 1.78. The molecule has 3 aromatic rings. The fourth-order valence-electron chi connectivity index (χ4n) is 1.49. The quantitative estimate of drug-likeness (QED) is 0.691. The third kappa shape index (κ3) is 1.95. The maximum absolute atomic E-state index is 5.89. The van der Waals surface area contributed by atoms with Gasteiger partial charge in [-0.1, -0.05) is 0 Å². The molecule has 8 heteroatoms. The van der Waals surface area contributed by atoms with Gasteiger partial charge in [-0.15, -0.1) is 0 Å². The summed E-state index contributed by atoms with van der Waals surface area (Å²) < 4.78 is 3.19. The molecule has 3 aromatic heterocycles. The van der Waals surface area contributed by atoms with Crippen LogP contribution >= 0.6 is 11.6 Å². The van der Waals surface area contributed by atoms with Gasteiger partial charge in [-0.2, -0.15) is 25.1 Å². The molecule has 0 aliphatic carbocycles. The molecule has 90 valence electrons. The van der Waals surface area contributed by atoms with Crippen molar-refractivity contribution in [3.8, 4) is 17.3 Å². The molecule has 0 aliphatic rings. The van der Waals surface area contributed by atoms with Gasteiger partial charge in [0.15, 0.2) is 5.82 Å². The summed E-state index contributed by atoms with van der Waals surface area (Å²) in [6.45, 7) is 0. The van der Waals surface area contributed by atoms with Crippen LogP contribution in [0.2, 0.25) is 5.28 Å². The molecular formula is C10H8ClN7. The van der Waals surface area contributed by atoms with Crippen molar-refractivity contribution in [3.63, 3.8) is 0 Å². The van der Waals surface area contributed by atoms with Crippen LogP contribution in [0.5, 0.6) is 0 Å². The first kappa shape index (κ1) is 10.8. The molecule has 18 heavy (non-hydrogen) atoms. The van der Waals surface area contributed by atoms with Crippen LogP contribution in [0.1, 0.15) is 0 Å². The van der Waals surface area contributed by atoms with E-state index in [0.717, 1.165) is 5.56 Å². The number of halogens is 1. The third-order valence-corrected chi connectivity index (χ3v) is 2.44. The van der Waals surface area contributed by atoms with E-state index in [9.17, 15) is 0 Å². The second-order valence-electron chi connectivity index (χ2n) is 3.58. The number of nitrogens with zero attached hydrogens (tertiary/aromatic N) is 7. The molecule has 0 aliphatic heterocycles. The Morgan fingerprint density at radius 1 is 1.17 bits per heavy atom. The lowest BCUT2D eigenvalue weighted by Crippen LogP contribution is -2.04. The van der Waals surface area contributed by atoms with Crippen molar-refractivity contribution in [3.05, 3.63) is 36.1 Å². The summed E-state index contributed by atoms with van der Waals surface area (Å²) in [7, 11) is 1.82. The van der Waals surface area contributed by atoms with Gasteiger partial charge < -0.3 is 0 Å². The highest BCUT2D eigenvalue weighted by molar-refractivity contribution is 6.28. The SMILES string of the molecule is Cn1cc(-c2nc(Cl)nc(-n3cccn3)n2)cn1. The smallest absolute Gasteiger partial charge is 0.255 e. The van der Waals surface area contributed by atoms with E-state index in [4.69, 9.17) is 11.6 Å². The second kappa shape index (κ2) is 4.19. The lowest BCUT2D eigenvalue weighted by Gasteiger charge is -2.02. The minimum atomic E-state index is 0.120. The zero-order valence-electron chi connectivity index (χ0n) is 9.40. The van der Waals surface area contributed by atoms with E-state index in [2.05, 4.69) is 25.1 Å². The topological polar surface area (TPSA) is 74.3 Å². The van der Waals surface area contributed by atoms with Gasteiger partial charge in [-0.3, -0.25) is 4.68 Å². The summed E-state index contributed by atoms with van der Waals surface area (Å²) in [5, 5.41) is 8.24. The number of hydrogen-bond donors (Lipinski definition) is 0. The Bertz CT molecular complexity index is 673. The summed E-state index contributed by atoms with van der Waals surface area (Å²) >= 11 is 5.89. The van der Waals surface area contributed by atoms with E-state index in [1.54, 1.807) is 35.5 Å². The summed E-state index contributed by atoms with van der Waals surface area (Å²) in [5.74, 6) is 0.840. The van der Waals surface area contributed by atoms with Crippen LogP contribution in [0, 0.1) is 0 Å². The largest absolute Gasteiger partial charge is 0.275 e. The molecule has 0 amide bonds. The van der Waals surface area contributed by atoms with Crippen LogP contribution in [-0.2, 0) is 7.05 Å². The molecule has 7 nitrogen and oxygen atoms in total. The first-order valence-electron chi connectivity index (χ1n) is 5.13. The second-order valence-corrected chi connectivity index (χ2v) is 3.92. The molecule has 0 fully saturated rings. The number of aromatic nitrogens is 7. The molecule has 0 saturated carbocycles. The highest BCUT2D eigenvalue weighted by atomic mass is 35.5. The van der Waals surface area contributed by atoms with Crippen LogP contribution in [0.25, 0.3) is 17.3 Å². The molecule has 0 aromatic carbocycles. The van der Waals surface area contributed by atoms with Crippen LogP contribution < -0.4 is 0 Å². The van der Waals surface area contributed by atoms with Gasteiger partial charge in [-0.05, 0) is 17.7 Å². The molecule has 0 spiro atoms. The molecule has 3 heterocycles. The molecule has 0 bridgehead atoms. The predicted octanol–water partition coefficient (Wildman–Crippen LogP) is 1.11. The monoisotopic (exact) mass is 261 g/mol. The van der Waals surface area contributed by atoms with Crippen molar-refractivity contribution in [2.45, 2.75) is 0 Å². The summed E-state index contributed by atoms with van der Waals surface area (Å²) in [4.78, 5) is 12.4. The summed E-state index contributed by atoms with van der Waals surface area (Å²) in [6.07, 6.45) is 6.84. The molecular weight excluding hydrogens is 254 g/mol. The first-order valence-corrected chi connectivity index (χ1v) is 5.51. The van der Waals surface area contributed by atoms with Gasteiger partial charge in [-0.25, -0.2) is 4.68 Å². The number of rotatable bonds is 2. The van der Waals surface area contributed by atoms with Crippen LogP contribution in [-0.4, -0.2) is 34.5 Å². The van der Waals surface area contributed by atoms with E-state index in [-0.39, 0.29) is 5.28 Å². The Morgan fingerprint density at radius 3 is 2.72 bits per heavy atom. The van der Waals surface area contributed by atoms with Gasteiger partial charge in [0.2, 0.25) is 5.28 Å². The van der Waals surface area contributed by atoms with E-state index in [0.29, 0.717) is 11.8 Å². The van der Waals surface area contributed by atoms with Crippen molar-refractivity contribution in [1.29, 1.82) is 0 Å². The minimum absolute atomic E-state index is 0.120. The normalized spacial score (nSPS) is 10.8. The van der Waals surface area contributed by atoms with Gasteiger partial charge in [0.25, 0.3) is 5.95 Å². The van der Waals surface area contributed by atoms with E-state index in [1.807, 2.05) is 7.05 Å². The van der Waals surface area contributed by atoms with Crippen molar-refractivity contribution >= 4 is 11.6 Å². The Kier molecular flexibility index (Phi) is 2.52. The van der Waals surface area contributed by atoms with Gasteiger partial charge in [0.1, 0.15) is 0 Å². The van der Waals surface area contributed by atoms with Crippen LogP contribution in [0.4, 0.5) is 0 Å². The minimum Gasteiger partial charge on any atom is -0.275 e. The van der Waals surface area contributed by atoms with Crippen LogP contribution in [0.15, 0.2) is 30.9 Å². The highest BCUT2D eigenvalue weighted by Gasteiger charge is 2.10. The maximum atomic E-state index is 5.89. The Morgan fingerprint density at radius 2 is 2.06 bits per heavy atom. The van der Waals surface area contributed by atoms with Gasteiger partial charge >= 0.3 is 0 Å². The third-order valence-electron chi connectivity index (χ3n) is 2.27. The van der Waals surface area contributed by atoms with E-state index >= 15 is 0 Å². The number of hydrogen-bond acceptors (Lipinski definition) is 5. The highest BCUT2D eigenvalue weighted by Crippen LogP contribution is 2.16. The lowest BCUT2D eigenvalue weighted by atomic mass is 10.3. The van der Waals surface area contributed by atoms with Crippen molar-refractivity contribution < 1.29 is 0 Å². The molecule has 0 N–H and O–H groups in total. The van der Waals surface area contributed by atoms with E-state index < -0.39 is 0 Å². The van der Waals surface area contributed by atoms with Crippen molar-refractivity contribution in [2.24, 2.45) is 7.05 Å². The van der Waals surface area contributed by atoms with Gasteiger partial charge in [0, 0.05) is 25.6 Å².